The summed E-state index contributed by atoms with van der Waals surface area (Å²) in [6, 6.07) is 11.7. The van der Waals surface area contributed by atoms with E-state index < -0.39 is 60.1 Å². The van der Waals surface area contributed by atoms with Crippen molar-refractivity contribution >= 4 is 35.9 Å². The summed E-state index contributed by atoms with van der Waals surface area (Å²) in [4.78, 5) is 15.6. The molecule has 228 valence electrons. The monoisotopic (exact) mass is 655 g/mol. The zero-order valence-corrected chi connectivity index (χ0v) is 24.1. The number of alkyl halides is 4. The van der Waals surface area contributed by atoms with Crippen LogP contribution in [0.1, 0.15) is 6.23 Å². The highest BCUT2D eigenvalue weighted by Crippen LogP contribution is 2.55. The third kappa shape index (κ3) is 6.28. The van der Waals surface area contributed by atoms with Gasteiger partial charge in [-0.1, -0.05) is 11.6 Å². The number of nitrogens with zero attached hydrogens (tertiary/aromatic N) is 2. The lowest BCUT2D eigenvalue weighted by atomic mass is 9.96. The fourth-order valence-electron chi connectivity index (χ4n) is 3.81. The Morgan fingerprint density at radius 3 is 2.00 bits per heavy atom. The Morgan fingerprint density at radius 1 is 1.07 bits per heavy atom. The van der Waals surface area contributed by atoms with Crippen LogP contribution in [0.5, 0.6) is 23.0 Å². The summed E-state index contributed by atoms with van der Waals surface area (Å²) in [6.07, 6.45) is -9.14. The highest BCUT2D eigenvalue weighted by molar-refractivity contribution is 8.07. The number of aromatic nitrogens is 2. The van der Waals surface area contributed by atoms with Gasteiger partial charge in [0.15, 0.2) is 11.7 Å². The van der Waals surface area contributed by atoms with E-state index in [1.165, 1.54) is 62.8 Å². The molecule has 2 heterocycles. The molecule has 1 saturated heterocycles. The normalized spacial score (nSPS) is 21.7. The van der Waals surface area contributed by atoms with Crippen LogP contribution in [-0.2, 0) is 21.1 Å². The Morgan fingerprint density at radius 2 is 1.55 bits per heavy atom. The Kier molecular flexibility index (Phi) is 9.25. The van der Waals surface area contributed by atoms with E-state index in [4.69, 9.17) is 56.9 Å². The predicted octanol–water partition coefficient (Wildman–Crippen LogP) is 4.42. The van der Waals surface area contributed by atoms with Crippen molar-refractivity contribution in [2.45, 2.75) is 30.3 Å². The first-order valence-electron chi connectivity index (χ1n) is 11.7. The molecule has 3 aromatic rings. The van der Waals surface area contributed by atoms with Crippen LogP contribution in [0, 0.1) is 0 Å². The van der Waals surface area contributed by atoms with Gasteiger partial charge >= 0.3 is 18.3 Å². The van der Waals surface area contributed by atoms with Crippen molar-refractivity contribution in [2.75, 3.05) is 26.6 Å². The average Bonchev–Trinajstić information content (AvgIpc) is 3.16. The van der Waals surface area contributed by atoms with E-state index in [2.05, 4.69) is 4.98 Å². The number of hydrogen-bond donors (Lipinski definition) is 2. The number of nitrogens with two attached hydrogens (primary N) is 1. The molecule has 2 aromatic carbocycles. The Bertz CT molecular complexity index is 1470. The zero-order chi connectivity index (χ0) is 30.9. The number of rotatable bonds is 11. The molecule has 0 spiro atoms. The smallest absolute Gasteiger partial charge is 0.435 e. The minimum absolute atomic E-state index is 0.0592. The van der Waals surface area contributed by atoms with Crippen molar-refractivity contribution in [1.29, 1.82) is 0 Å². The molecule has 0 radical (unpaired) electrons. The van der Waals surface area contributed by atoms with Gasteiger partial charge in [0, 0.05) is 18.0 Å². The number of anilines is 1. The maximum absolute atomic E-state index is 15.3. The number of halogens is 5. The number of benzene rings is 2. The van der Waals surface area contributed by atoms with Crippen molar-refractivity contribution in [2.24, 2.45) is 0 Å². The molecule has 1 aliphatic rings. The maximum Gasteiger partial charge on any atom is 0.435 e. The van der Waals surface area contributed by atoms with Crippen LogP contribution in [-0.4, -0.2) is 59.5 Å². The SMILES string of the molecule is COc1ccc(OP(=S)(OC[C@@]2(C(F)F)O[C@@H](n3cc(Cl)c(N)nc3=O)C(F)(F)[C@@H]2O)Oc2ccc(OC)cc2)cc1. The van der Waals surface area contributed by atoms with E-state index in [-0.39, 0.29) is 16.1 Å². The molecule has 0 aliphatic carbocycles. The van der Waals surface area contributed by atoms with E-state index in [9.17, 15) is 18.7 Å². The van der Waals surface area contributed by atoms with E-state index in [1.807, 2.05) is 0 Å². The topological polar surface area (TPSA) is 137 Å². The van der Waals surface area contributed by atoms with E-state index in [0.29, 0.717) is 17.7 Å². The third-order valence-corrected chi connectivity index (χ3v) is 8.41. The van der Waals surface area contributed by atoms with Crippen LogP contribution >= 0.6 is 18.3 Å². The average molecular weight is 656 g/mol. The molecule has 1 fully saturated rings. The minimum atomic E-state index is -4.47. The molecule has 0 bridgehead atoms. The lowest BCUT2D eigenvalue weighted by Gasteiger charge is -2.32. The van der Waals surface area contributed by atoms with Gasteiger partial charge in [-0.3, -0.25) is 9.09 Å². The molecule has 0 unspecified atom stereocenters. The molecule has 1 aromatic heterocycles. The molecule has 42 heavy (non-hydrogen) atoms. The summed E-state index contributed by atoms with van der Waals surface area (Å²) in [5, 5.41) is 10.1. The van der Waals surface area contributed by atoms with Crippen LogP contribution in [0.25, 0.3) is 0 Å². The second-order valence-corrected chi connectivity index (χ2v) is 12.0. The lowest BCUT2D eigenvalue weighted by Crippen LogP contribution is -2.54. The fourth-order valence-corrected chi connectivity index (χ4v) is 5.89. The van der Waals surface area contributed by atoms with Gasteiger partial charge in [-0.25, -0.2) is 13.6 Å². The van der Waals surface area contributed by atoms with Crippen molar-refractivity contribution in [1.82, 2.24) is 9.55 Å². The Labute approximate surface area is 245 Å². The first kappa shape index (κ1) is 31.8. The third-order valence-electron chi connectivity index (χ3n) is 6.05. The van der Waals surface area contributed by atoms with Gasteiger partial charge in [-0.05, 0) is 48.5 Å². The van der Waals surface area contributed by atoms with E-state index in [0.717, 1.165) is 0 Å². The summed E-state index contributed by atoms with van der Waals surface area (Å²) >= 11 is 11.2. The first-order valence-corrected chi connectivity index (χ1v) is 14.7. The van der Waals surface area contributed by atoms with Crippen LogP contribution in [0.15, 0.2) is 59.5 Å². The van der Waals surface area contributed by atoms with E-state index >= 15 is 8.78 Å². The molecule has 1 aliphatic heterocycles. The molecule has 4 rings (SSSR count). The number of ether oxygens (including phenoxy) is 3. The number of aliphatic hydroxyl groups is 1. The van der Waals surface area contributed by atoms with Crippen LogP contribution < -0.4 is 29.9 Å². The molecule has 3 atom stereocenters. The van der Waals surface area contributed by atoms with Crippen LogP contribution in [0.3, 0.4) is 0 Å². The van der Waals surface area contributed by atoms with E-state index in [1.54, 1.807) is 0 Å². The highest BCUT2D eigenvalue weighted by atomic mass is 35.5. The molecule has 3 N–H and O–H groups in total. The van der Waals surface area contributed by atoms with Gasteiger partial charge in [0.05, 0.1) is 25.8 Å². The second-order valence-electron chi connectivity index (χ2n) is 8.72. The maximum atomic E-state index is 15.3. The lowest BCUT2D eigenvalue weighted by molar-refractivity contribution is -0.192. The zero-order valence-electron chi connectivity index (χ0n) is 21.7. The van der Waals surface area contributed by atoms with Gasteiger partial charge in [0.2, 0.25) is 6.23 Å². The second kappa shape index (κ2) is 12.2. The fraction of sp³-hybridized carbons (Fsp3) is 0.333. The first-order chi connectivity index (χ1) is 19.7. The molecular weight excluding hydrogens is 633 g/mol. The summed E-state index contributed by atoms with van der Waals surface area (Å²) < 4.78 is 91.9. The standard InChI is InChI=1S/C24H23ClF4N3O8PS/c1-35-13-3-7-15(8-4-13)39-41(42,40-16-9-5-14(36-2)6-10-16)37-12-23(20(26)27)19(33)24(28,29)21(38-23)32-11-17(25)18(30)31-22(32)34/h3-11,19-21,33H,12H2,1-2H3,(H2,30,31,34)/t19-,21-,23-/m1/s1. The van der Waals surface area contributed by atoms with Crippen LogP contribution in [0.4, 0.5) is 23.4 Å². The largest absolute Gasteiger partial charge is 0.497 e. The van der Waals surface area contributed by atoms with Gasteiger partial charge < -0.3 is 34.1 Å². The number of aliphatic hydroxyl groups excluding tert-OH is 1. The summed E-state index contributed by atoms with van der Waals surface area (Å²) in [5.74, 6) is -3.94. The number of hydrogen-bond acceptors (Lipinski definition) is 11. The highest BCUT2D eigenvalue weighted by Gasteiger charge is 2.71. The number of methoxy groups -OCH3 is 2. The molecular formula is C24H23ClF4N3O8PS. The Balaban J connectivity index is 1.68. The van der Waals surface area contributed by atoms with Crippen molar-refractivity contribution in [3.8, 4) is 23.0 Å². The number of nitrogen functional groups attached to an aromatic ring is 1. The van der Waals surface area contributed by atoms with Gasteiger partial charge in [0.25, 0.3) is 6.43 Å². The molecule has 18 heteroatoms. The summed E-state index contributed by atoms with van der Waals surface area (Å²) in [5.41, 5.74) is 0.604. The quantitative estimate of drug-likeness (QED) is 0.224. The molecule has 0 amide bonds. The minimum Gasteiger partial charge on any atom is -0.497 e. The van der Waals surface area contributed by atoms with Gasteiger partial charge in [0.1, 0.15) is 28.8 Å². The summed E-state index contributed by atoms with van der Waals surface area (Å²) in [6.45, 7) is -5.62. The van der Waals surface area contributed by atoms with Crippen molar-refractivity contribution < 1.29 is 50.5 Å². The summed E-state index contributed by atoms with van der Waals surface area (Å²) in [7, 11) is 2.86. The predicted molar refractivity (Wildman–Crippen MR) is 145 cm³/mol. The Hall–Kier alpha value is -3.14. The van der Waals surface area contributed by atoms with Gasteiger partial charge in [-0.15, -0.1) is 0 Å². The van der Waals surface area contributed by atoms with Crippen LogP contribution in [0.2, 0.25) is 5.02 Å². The molecule has 11 nitrogen and oxygen atoms in total. The van der Waals surface area contributed by atoms with Crippen molar-refractivity contribution in [3.05, 3.63) is 70.2 Å². The van der Waals surface area contributed by atoms with Crippen molar-refractivity contribution in [3.63, 3.8) is 0 Å². The molecule has 0 saturated carbocycles. The van der Waals surface area contributed by atoms with Gasteiger partial charge in [-0.2, -0.15) is 13.8 Å².